The highest BCUT2D eigenvalue weighted by molar-refractivity contribution is 7.28. The second-order valence-corrected chi connectivity index (χ2v) is 31.8. The molecule has 0 fully saturated rings. The summed E-state index contributed by atoms with van der Waals surface area (Å²) < 4.78 is 9.84. The minimum absolute atomic E-state index is 0.0561. The van der Waals surface area contributed by atoms with Crippen molar-refractivity contribution in [3.05, 3.63) is 229 Å². The Morgan fingerprint density at radius 3 is 1.62 bits per heavy atom. The Labute approximate surface area is 498 Å². The Kier molecular flexibility index (Phi) is 12.2. The van der Waals surface area contributed by atoms with Crippen molar-refractivity contribution < 1.29 is 4.74 Å². The van der Waals surface area contributed by atoms with Gasteiger partial charge in [0.1, 0.15) is 24.0 Å². The van der Waals surface area contributed by atoms with Crippen LogP contribution in [-0.4, -0.2) is 31.0 Å². The van der Waals surface area contributed by atoms with Crippen molar-refractivity contribution in [3.63, 3.8) is 0 Å². The molecule has 0 unspecified atom stereocenters. The Morgan fingerprint density at radius 1 is 0.429 bits per heavy atom. The van der Waals surface area contributed by atoms with Crippen molar-refractivity contribution in [1.82, 2.24) is 9.55 Å². The minimum Gasteiger partial charge on any atom is -0.457 e. The van der Waals surface area contributed by atoms with Crippen molar-refractivity contribution in [3.8, 4) is 39.6 Å². The SMILES string of the molecule is CB1c2ccccc2[Si]2(c3ccccc31)c1cccc3c1c1c2cc(Oc2cccc(N4CN(c5c(-c6ccccc6)cc(C(C)(C)C)cc5-c5cc(C(C)(C)C)cc(C(C)(C)C)c5)c5ccccc54)c2)cc1n3-c1cc(C(C)(C)C)ccn1. The van der Waals surface area contributed by atoms with Crippen molar-refractivity contribution in [2.24, 2.45) is 0 Å². The summed E-state index contributed by atoms with van der Waals surface area (Å²) in [5.41, 5.74) is 19.6. The van der Waals surface area contributed by atoms with Crippen LogP contribution in [-0.2, 0) is 21.7 Å². The summed E-state index contributed by atoms with van der Waals surface area (Å²) in [4.78, 5) is 10.2. The predicted molar refractivity (Wildman–Crippen MR) is 361 cm³/mol. The molecule has 3 aliphatic rings. The van der Waals surface area contributed by atoms with Gasteiger partial charge in [-0.25, -0.2) is 4.98 Å². The molecule has 11 aromatic rings. The van der Waals surface area contributed by atoms with Crippen LogP contribution in [0.1, 0.15) is 105 Å². The fourth-order valence-electron chi connectivity index (χ4n) is 14.1. The van der Waals surface area contributed by atoms with Gasteiger partial charge in [-0.1, -0.05) is 239 Å². The average Bonchev–Trinajstić information content (AvgIpc) is 1.50. The van der Waals surface area contributed by atoms with Crippen LogP contribution >= 0.6 is 0 Å². The van der Waals surface area contributed by atoms with Gasteiger partial charge in [0.2, 0.25) is 6.71 Å². The van der Waals surface area contributed by atoms with Crippen LogP contribution in [0, 0.1) is 0 Å². The number of para-hydroxylation sites is 2. The number of anilines is 4. The first-order valence-electron chi connectivity index (χ1n) is 30.2. The van der Waals surface area contributed by atoms with Crippen molar-refractivity contribution in [2.45, 2.75) is 112 Å². The standard InChI is InChI=1S/C77H75BN4OSi/c1-74(2,3)51-37-38-79-70(44-51)82-64-33-24-36-68-71(64)72-65(82)46-57(47-69(72)84(68)66-34-21-17-29-60(66)78(13)61-30-18-22-35-67(61)84)83-56-28-23-27-55(45-56)80-48-81(63-32-20-19-31-62(63)80)73-58(49-25-15-14-16-26-49)42-54(77(10,11)12)43-59(73)50-39-52(75(4,5)6)41-53(40-50)76(7,8)9/h14-47H,48H2,1-13H3. The zero-order chi connectivity index (χ0) is 58.4. The lowest BCUT2D eigenvalue weighted by Crippen LogP contribution is -2.84. The molecule has 0 aliphatic carbocycles. The van der Waals surface area contributed by atoms with E-state index in [1.165, 1.54) is 98.2 Å². The topological polar surface area (TPSA) is 33.5 Å². The molecule has 0 amide bonds. The zero-order valence-electron chi connectivity index (χ0n) is 51.1. The molecular weight excluding hydrogens is 1040 g/mol. The van der Waals surface area contributed by atoms with E-state index in [1.807, 2.05) is 6.20 Å². The number of nitrogens with zero attached hydrogens (tertiary/aromatic N) is 4. The highest BCUT2D eigenvalue weighted by Gasteiger charge is 2.54. The van der Waals surface area contributed by atoms with Gasteiger partial charge in [0.05, 0.1) is 28.1 Å². The fraction of sp³-hybridized carbons (Fsp3) is 0.234. The summed E-state index contributed by atoms with van der Waals surface area (Å²) in [6.07, 6.45) is 1.98. The summed E-state index contributed by atoms with van der Waals surface area (Å²) in [7, 11) is -2.91. The minimum atomic E-state index is -2.91. The molecule has 1 spiro atoms. The van der Waals surface area contributed by atoms with Crippen LogP contribution in [0.5, 0.6) is 11.5 Å². The van der Waals surface area contributed by atoms with Crippen molar-refractivity contribution in [2.75, 3.05) is 16.5 Å². The number of hydrogen-bond donors (Lipinski definition) is 0. The molecule has 2 aromatic heterocycles. The third-order valence-electron chi connectivity index (χ3n) is 18.6. The monoisotopic (exact) mass is 1110 g/mol. The summed E-state index contributed by atoms with van der Waals surface area (Å²) in [6.45, 7) is 31.2. The van der Waals surface area contributed by atoms with E-state index in [1.54, 1.807) is 0 Å². The smallest absolute Gasteiger partial charge is 0.206 e. The lowest BCUT2D eigenvalue weighted by atomic mass is 9.42. The quantitative estimate of drug-likeness (QED) is 0.149. The van der Waals surface area contributed by atoms with Crippen LogP contribution in [0.2, 0.25) is 6.82 Å². The van der Waals surface area contributed by atoms with Gasteiger partial charge >= 0.3 is 0 Å². The largest absolute Gasteiger partial charge is 0.457 e. The average molecular weight is 1110 g/mol. The normalized spacial score (nSPS) is 14.5. The molecule has 7 heteroatoms. The van der Waals surface area contributed by atoms with Gasteiger partial charge in [-0.15, -0.1) is 0 Å². The molecule has 14 rings (SSSR count). The van der Waals surface area contributed by atoms with Crippen LogP contribution in [0.25, 0.3) is 49.9 Å². The molecule has 84 heavy (non-hydrogen) atoms. The first-order valence-corrected chi connectivity index (χ1v) is 32.2. The van der Waals surface area contributed by atoms with Gasteiger partial charge in [-0.3, -0.25) is 4.57 Å². The molecule has 0 atom stereocenters. The Bertz CT molecular complexity index is 4390. The van der Waals surface area contributed by atoms with Gasteiger partial charge in [0, 0.05) is 45.9 Å². The van der Waals surface area contributed by atoms with Gasteiger partial charge in [0.25, 0.3) is 0 Å². The number of ether oxygens (including phenoxy) is 1. The third-order valence-corrected chi connectivity index (χ3v) is 23.5. The Balaban J connectivity index is 0.940. The number of pyridine rings is 1. The number of rotatable bonds is 7. The summed E-state index contributed by atoms with van der Waals surface area (Å²) in [5.74, 6) is 2.52. The highest BCUT2D eigenvalue weighted by atomic mass is 28.3. The summed E-state index contributed by atoms with van der Waals surface area (Å²) >= 11 is 0. The first-order chi connectivity index (χ1) is 40.1. The van der Waals surface area contributed by atoms with E-state index in [9.17, 15) is 0 Å². The lowest BCUT2D eigenvalue weighted by Gasteiger charge is -2.40. The van der Waals surface area contributed by atoms with E-state index in [0.29, 0.717) is 6.67 Å². The summed E-state index contributed by atoms with van der Waals surface area (Å²) in [5, 5.41) is 8.42. The van der Waals surface area contributed by atoms with E-state index in [0.717, 1.165) is 39.9 Å². The predicted octanol–water partition coefficient (Wildman–Crippen LogP) is 16.0. The lowest BCUT2D eigenvalue weighted by molar-refractivity contribution is 0.484. The molecule has 0 bridgehead atoms. The molecule has 0 N–H and O–H groups in total. The van der Waals surface area contributed by atoms with Gasteiger partial charge in [0.15, 0.2) is 8.07 Å². The van der Waals surface area contributed by atoms with E-state index < -0.39 is 8.07 Å². The van der Waals surface area contributed by atoms with Gasteiger partial charge < -0.3 is 14.5 Å². The number of hydrogen-bond acceptors (Lipinski definition) is 4. The van der Waals surface area contributed by atoms with Crippen molar-refractivity contribution in [1.29, 1.82) is 0 Å². The maximum absolute atomic E-state index is 7.43. The van der Waals surface area contributed by atoms with E-state index in [-0.39, 0.29) is 28.4 Å². The third kappa shape index (κ3) is 8.43. The second kappa shape index (κ2) is 19.1. The van der Waals surface area contributed by atoms with Crippen molar-refractivity contribution >= 4 is 91.0 Å². The molecule has 0 saturated heterocycles. The summed E-state index contributed by atoms with van der Waals surface area (Å²) in [6, 6.07) is 75.9. The molecule has 416 valence electrons. The number of fused-ring (bicyclic) bond motifs is 7. The molecule has 3 aliphatic heterocycles. The maximum Gasteiger partial charge on any atom is 0.206 e. The first kappa shape index (κ1) is 53.6. The van der Waals surface area contributed by atoms with Crippen LogP contribution in [0.4, 0.5) is 22.7 Å². The molecule has 5 heterocycles. The Hall–Kier alpha value is -8.39. The van der Waals surface area contributed by atoms with Gasteiger partial charge in [-0.2, -0.15) is 0 Å². The van der Waals surface area contributed by atoms with Crippen LogP contribution in [0.15, 0.2) is 206 Å². The zero-order valence-corrected chi connectivity index (χ0v) is 52.1. The number of benzene rings is 9. The molecular formula is C77H75BN4OSi. The fourth-order valence-corrected chi connectivity index (χ4v) is 20.0. The van der Waals surface area contributed by atoms with Crippen LogP contribution in [0.3, 0.4) is 0 Å². The molecule has 0 radical (unpaired) electrons. The van der Waals surface area contributed by atoms with E-state index >= 15 is 0 Å². The van der Waals surface area contributed by atoms with E-state index in [4.69, 9.17) is 9.72 Å². The Morgan fingerprint density at radius 2 is 0.976 bits per heavy atom. The van der Waals surface area contributed by atoms with E-state index in [2.05, 4.69) is 304 Å². The second-order valence-electron chi connectivity index (χ2n) is 28.1. The number of aromatic nitrogens is 2. The molecule has 0 saturated carbocycles. The van der Waals surface area contributed by atoms with Crippen LogP contribution < -0.4 is 46.2 Å². The molecule has 5 nitrogen and oxygen atoms in total. The maximum atomic E-state index is 7.43. The van der Waals surface area contributed by atoms with Gasteiger partial charge in [-0.05, 0) is 126 Å². The highest BCUT2D eigenvalue weighted by Crippen LogP contribution is 2.52. The molecule has 9 aromatic carbocycles.